The van der Waals surface area contributed by atoms with E-state index in [1.54, 1.807) is 30.2 Å². The zero-order valence-corrected chi connectivity index (χ0v) is 16.6. The van der Waals surface area contributed by atoms with Crippen LogP contribution in [0.2, 0.25) is 0 Å². The number of amides is 1. The predicted molar refractivity (Wildman–Crippen MR) is 112 cm³/mol. The second-order valence-corrected chi connectivity index (χ2v) is 6.85. The Morgan fingerprint density at radius 2 is 1.77 bits per heavy atom. The van der Waals surface area contributed by atoms with E-state index in [2.05, 4.69) is 11.0 Å². The number of nitriles is 1. The van der Waals surface area contributed by atoms with Crippen molar-refractivity contribution in [1.82, 2.24) is 9.80 Å². The van der Waals surface area contributed by atoms with Crippen LogP contribution >= 0.6 is 0 Å². The molecule has 0 aliphatic carbocycles. The Hall–Kier alpha value is -3.70. The number of rotatable bonds is 6. The molecule has 1 atom stereocenters. The standard InChI is InChI=1S/C22H22N4O4/c1-30-20-9-5-18(6-10-20)21(16-23)24-12-14-25(15-13-24)22(27)11-4-17-2-7-19(8-3-17)26(28)29/h2-11,21H,12-15H2,1H3/b11-4+. The summed E-state index contributed by atoms with van der Waals surface area (Å²) in [5, 5.41) is 20.3. The number of hydrogen-bond acceptors (Lipinski definition) is 6. The molecule has 0 radical (unpaired) electrons. The van der Waals surface area contributed by atoms with E-state index in [0.29, 0.717) is 26.2 Å². The first-order chi connectivity index (χ1) is 14.5. The lowest BCUT2D eigenvalue weighted by atomic mass is 10.1. The van der Waals surface area contributed by atoms with Crippen molar-refractivity contribution >= 4 is 17.7 Å². The normalized spacial score (nSPS) is 15.5. The third kappa shape index (κ3) is 5.01. The largest absolute Gasteiger partial charge is 0.497 e. The molecule has 8 nitrogen and oxygen atoms in total. The monoisotopic (exact) mass is 406 g/mol. The summed E-state index contributed by atoms with van der Waals surface area (Å²) in [4.78, 5) is 26.5. The Labute approximate surface area is 174 Å². The van der Waals surface area contributed by atoms with E-state index in [1.807, 2.05) is 24.3 Å². The van der Waals surface area contributed by atoms with Crippen molar-refractivity contribution in [3.8, 4) is 11.8 Å². The van der Waals surface area contributed by atoms with Crippen LogP contribution in [0.5, 0.6) is 5.75 Å². The van der Waals surface area contributed by atoms with Gasteiger partial charge in [0.05, 0.1) is 18.1 Å². The Balaban J connectivity index is 1.56. The van der Waals surface area contributed by atoms with E-state index < -0.39 is 4.92 Å². The van der Waals surface area contributed by atoms with Crippen LogP contribution in [-0.2, 0) is 4.79 Å². The van der Waals surface area contributed by atoms with Crippen molar-refractivity contribution in [3.05, 3.63) is 75.8 Å². The maximum Gasteiger partial charge on any atom is 0.269 e. The van der Waals surface area contributed by atoms with Crippen molar-refractivity contribution in [2.75, 3.05) is 33.3 Å². The number of carbonyl (C=O) groups excluding carboxylic acids is 1. The van der Waals surface area contributed by atoms with Gasteiger partial charge in [0.2, 0.25) is 5.91 Å². The van der Waals surface area contributed by atoms with Crippen molar-refractivity contribution < 1.29 is 14.5 Å². The minimum absolute atomic E-state index is 0.0125. The first kappa shape index (κ1) is 21.0. The van der Waals surface area contributed by atoms with Crippen LogP contribution < -0.4 is 4.74 Å². The SMILES string of the molecule is COc1ccc(C(C#N)N2CCN(C(=O)/C=C/c3ccc([N+](=O)[O-])cc3)CC2)cc1. The molecule has 1 saturated heterocycles. The average Bonchev–Trinajstić information content (AvgIpc) is 2.79. The van der Waals surface area contributed by atoms with Crippen LogP contribution in [0.1, 0.15) is 17.2 Å². The summed E-state index contributed by atoms with van der Waals surface area (Å²) in [5.74, 6) is 0.622. The van der Waals surface area contributed by atoms with Crippen molar-refractivity contribution in [2.45, 2.75) is 6.04 Å². The summed E-state index contributed by atoms with van der Waals surface area (Å²) in [6, 6.07) is 15.4. The van der Waals surface area contributed by atoms with Gasteiger partial charge in [0.25, 0.3) is 5.69 Å². The van der Waals surface area contributed by atoms with E-state index in [9.17, 15) is 20.2 Å². The molecule has 8 heteroatoms. The number of nitro benzene ring substituents is 1. The molecule has 30 heavy (non-hydrogen) atoms. The topological polar surface area (TPSA) is 99.7 Å². The zero-order valence-electron chi connectivity index (χ0n) is 16.6. The maximum atomic E-state index is 12.5. The van der Waals surface area contributed by atoms with Crippen molar-refractivity contribution in [2.24, 2.45) is 0 Å². The molecular formula is C22H22N4O4. The molecule has 0 N–H and O–H groups in total. The molecule has 1 amide bonds. The third-order valence-electron chi connectivity index (χ3n) is 5.07. The number of hydrogen-bond donors (Lipinski definition) is 0. The summed E-state index contributed by atoms with van der Waals surface area (Å²) in [7, 11) is 1.60. The minimum Gasteiger partial charge on any atom is -0.497 e. The molecule has 1 heterocycles. The molecular weight excluding hydrogens is 384 g/mol. The van der Waals surface area contributed by atoms with E-state index in [-0.39, 0.29) is 17.6 Å². The zero-order chi connectivity index (χ0) is 21.5. The Kier molecular flexibility index (Phi) is 6.78. The number of ether oxygens (including phenoxy) is 1. The second-order valence-electron chi connectivity index (χ2n) is 6.85. The van der Waals surface area contributed by atoms with Gasteiger partial charge in [-0.15, -0.1) is 0 Å². The highest BCUT2D eigenvalue weighted by Crippen LogP contribution is 2.24. The molecule has 154 valence electrons. The van der Waals surface area contributed by atoms with Crippen LogP contribution in [0.25, 0.3) is 6.08 Å². The molecule has 1 fully saturated rings. The number of benzene rings is 2. The number of nitrogens with zero attached hydrogens (tertiary/aromatic N) is 4. The minimum atomic E-state index is -0.460. The van der Waals surface area contributed by atoms with Gasteiger partial charge in [-0.2, -0.15) is 5.26 Å². The third-order valence-corrected chi connectivity index (χ3v) is 5.07. The van der Waals surface area contributed by atoms with Gasteiger partial charge in [0.1, 0.15) is 11.8 Å². The van der Waals surface area contributed by atoms with Crippen LogP contribution in [-0.4, -0.2) is 53.9 Å². The fraction of sp³-hybridized carbons (Fsp3) is 0.273. The van der Waals surface area contributed by atoms with Crippen molar-refractivity contribution in [1.29, 1.82) is 5.26 Å². The van der Waals surface area contributed by atoms with Crippen LogP contribution in [0.3, 0.4) is 0 Å². The average molecular weight is 406 g/mol. The molecule has 3 rings (SSSR count). The fourth-order valence-electron chi connectivity index (χ4n) is 3.33. The summed E-state index contributed by atoms with van der Waals surface area (Å²) in [5.41, 5.74) is 1.63. The molecule has 1 aliphatic heterocycles. The maximum absolute atomic E-state index is 12.5. The van der Waals surface area contributed by atoms with E-state index in [0.717, 1.165) is 16.9 Å². The van der Waals surface area contributed by atoms with Gasteiger partial charge in [-0.25, -0.2) is 0 Å². The summed E-state index contributed by atoms with van der Waals surface area (Å²) in [6.45, 7) is 2.25. The molecule has 2 aromatic carbocycles. The smallest absolute Gasteiger partial charge is 0.269 e. The van der Waals surface area contributed by atoms with Gasteiger partial charge < -0.3 is 9.64 Å². The highest BCUT2D eigenvalue weighted by Gasteiger charge is 2.26. The highest BCUT2D eigenvalue weighted by atomic mass is 16.6. The highest BCUT2D eigenvalue weighted by molar-refractivity contribution is 5.91. The van der Waals surface area contributed by atoms with Crippen LogP contribution in [0, 0.1) is 21.4 Å². The van der Waals surface area contributed by atoms with Crippen molar-refractivity contribution in [3.63, 3.8) is 0 Å². The summed E-state index contributed by atoms with van der Waals surface area (Å²) in [6.07, 6.45) is 3.12. The van der Waals surface area contributed by atoms with Gasteiger partial charge in [-0.3, -0.25) is 19.8 Å². The molecule has 0 bridgehead atoms. The van der Waals surface area contributed by atoms with Gasteiger partial charge in [-0.1, -0.05) is 12.1 Å². The van der Waals surface area contributed by atoms with Gasteiger partial charge >= 0.3 is 0 Å². The van der Waals surface area contributed by atoms with E-state index >= 15 is 0 Å². The molecule has 1 unspecified atom stereocenters. The molecule has 0 saturated carbocycles. The van der Waals surface area contributed by atoms with Crippen LogP contribution in [0.4, 0.5) is 5.69 Å². The molecule has 1 aliphatic rings. The number of nitro groups is 1. The fourth-order valence-corrected chi connectivity index (χ4v) is 3.33. The lowest BCUT2D eigenvalue weighted by Crippen LogP contribution is -2.49. The first-order valence-corrected chi connectivity index (χ1v) is 9.51. The molecule has 0 aromatic heterocycles. The van der Waals surface area contributed by atoms with Gasteiger partial charge in [-0.05, 0) is 41.5 Å². The van der Waals surface area contributed by atoms with Gasteiger partial charge in [0, 0.05) is 44.4 Å². The molecule has 2 aromatic rings. The van der Waals surface area contributed by atoms with Gasteiger partial charge in [0.15, 0.2) is 0 Å². The molecule has 0 spiro atoms. The van der Waals surface area contributed by atoms with E-state index in [4.69, 9.17) is 4.74 Å². The van der Waals surface area contributed by atoms with E-state index in [1.165, 1.54) is 18.2 Å². The second kappa shape index (κ2) is 9.67. The Morgan fingerprint density at radius 3 is 2.30 bits per heavy atom. The van der Waals surface area contributed by atoms with Crippen LogP contribution in [0.15, 0.2) is 54.6 Å². The lowest BCUT2D eigenvalue weighted by molar-refractivity contribution is -0.384. The number of carbonyl (C=O) groups is 1. The Morgan fingerprint density at radius 1 is 1.13 bits per heavy atom. The predicted octanol–water partition coefficient (Wildman–Crippen LogP) is 3.03. The lowest BCUT2D eigenvalue weighted by Gasteiger charge is -2.36. The first-order valence-electron chi connectivity index (χ1n) is 9.51. The summed E-state index contributed by atoms with van der Waals surface area (Å²) < 4.78 is 5.16. The quantitative estimate of drug-likeness (QED) is 0.415. The number of non-ortho nitro benzene ring substituents is 1. The number of methoxy groups -OCH3 is 1. The Bertz CT molecular complexity index is 956. The summed E-state index contributed by atoms with van der Waals surface area (Å²) >= 11 is 0. The number of piperazine rings is 1.